The highest BCUT2D eigenvalue weighted by Gasteiger charge is 2.49. The van der Waals surface area contributed by atoms with Crippen molar-refractivity contribution in [1.82, 2.24) is 4.90 Å². The van der Waals surface area contributed by atoms with Gasteiger partial charge in [-0.2, -0.15) is 0 Å². The Balaban J connectivity index is 1.60. The highest BCUT2D eigenvalue weighted by atomic mass is 19.1. The molecule has 2 aromatic carbocycles. The zero-order chi connectivity index (χ0) is 22.0. The summed E-state index contributed by atoms with van der Waals surface area (Å²) in [5, 5.41) is 11.3. The number of rotatable bonds is 4. The number of fused-ring (bicyclic) bond motifs is 1. The molecule has 31 heavy (non-hydrogen) atoms. The summed E-state index contributed by atoms with van der Waals surface area (Å²) in [6.45, 7) is 4.82. The molecule has 2 aromatic rings. The van der Waals surface area contributed by atoms with E-state index in [4.69, 9.17) is 0 Å². The summed E-state index contributed by atoms with van der Waals surface area (Å²) >= 11 is 0. The van der Waals surface area contributed by atoms with E-state index in [1.165, 1.54) is 17.7 Å². The number of halogens is 1. The molecule has 0 aromatic heterocycles. The molecule has 3 nitrogen and oxygen atoms in total. The van der Waals surface area contributed by atoms with Crippen LogP contribution in [0.2, 0.25) is 0 Å². The topological polar surface area (TPSA) is 40.5 Å². The van der Waals surface area contributed by atoms with Crippen LogP contribution in [-0.2, 0) is 4.79 Å². The molecule has 1 aliphatic heterocycles. The van der Waals surface area contributed by atoms with E-state index in [9.17, 15) is 14.3 Å². The van der Waals surface area contributed by atoms with Crippen LogP contribution in [0.25, 0.3) is 6.08 Å². The fourth-order valence-electron chi connectivity index (χ4n) is 5.26. The molecule has 3 unspecified atom stereocenters. The number of carbonyl (C=O) groups excluding carboxylic acids is 1. The molecular weight excluding hydrogens is 389 g/mol. The van der Waals surface area contributed by atoms with Gasteiger partial charge >= 0.3 is 0 Å². The lowest BCUT2D eigenvalue weighted by atomic mass is 9.66. The van der Waals surface area contributed by atoms with Crippen molar-refractivity contribution in [3.05, 3.63) is 77.1 Å². The first kappa shape index (κ1) is 21.8. The highest BCUT2D eigenvalue weighted by Crippen LogP contribution is 2.49. The minimum absolute atomic E-state index is 0.0249. The molecule has 0 bridgehead atoms. The fourth-order valence-corrected chi connectivity index (χ4v) is 5.26. The Morgan fingerprint density at radius 3 is 2.48 bits per heavy atom. The maximum atomic E-state index is 13.6. The Hall–Kier alpha value is -2.46. The molecule has 2 fully saturated rings. The van der Waals surface area contributed by atoms with Crippen molar-refractivity contribution >= 4 is 12.0 Å². The molecule has 3 atom stereocenters. The van der Waals surface area contributed by atoms with Gasteiger partial charge in [0.2, 0.25) is 5.91 Å². The van der Waals surface area contributed by atoms with Crippen molar-refractivity contribution in [2.75, 3.05) is 6.54 Å². The van der Waals surface area contributed by atoms with Gasteiger partial charge in [-0.1, -0.05) is 63.1 Å². The van der Waals surface area contributed by atoms with Crippen molar-refractivity contribution in [1.29, 1.82) is 0 Å². The van der Waals surface area contributed by atoms with Crippen LogP contribution in [0.15, 0.2) is 54.6 Å². The first-order valence-electron chi connectivity index (χ1n) is 11.4. The third kappa shape index (κ3) is 4.59. The molecule has 1 heterocycles. The first-order chi connectivity index (χ1) is 14.9. The van der Waals surface area contributed by atoms with Crippen LogP contribution in [0.4, 0.5) is 4.39 Å². The number of nitrogens with zero attached hydrogens (tertiary/aromatic N) is 1. The predicted octanol–water partition coefficient (Wildman–Crippen LogP) is 5.86. The van der Waals surface area contributed by atoms with Gasteiger partial charge in [-0.15, -0.1) is 0 Å². The van der Waals surface area contributed by atoms with Gasteiger partial charge in [0.15, 0.2) is 0 Å². The molecule has 4 rings (SSSR count). The molecule has 0 spiro atoms. The standard InChI is InChI=1S/C27H32FNO2/c1-19(2)21-9-6-20(7-10-21)8-15-25(30)29-18-17-27(31)16-4-3-5-24(27)26(29)22-11-13-23(28)14-12-22/h6-15,19,24,26,31H,3-5,16-18H2,1-2H3. The number of hydrogen-bond donors (Lipinski definition) is 1. The second-order valence-electron chi connectivity index (χ2n) is 9.39. The Morgan fingerprint density at radius 1 is 1.10 bits per heavy atom. The summed E-state index contributed by atoms with van der Waals surface area (Å²) in [5.74, 6) is 0.0952. The largest absolute Gasteiger partial charge is 0.389 e. The van der Waals surface area contributed by atoms with Gasteiger partial charge in [0.05, 0.1) is 11.6 Å². The number of benzene rings is 2. The normalized spacial score (nSPS) is 26.3. The van der Waals surface area contributed by atoms with E-state index in [0.29, 0.717) is 18.9 Å². The van der Waals surface area contributed by atoms with Gasteiger partial charge in [-0.3, -0.25) is 4.79 Å². The van der Waals surface area contributed by atoms with E-state index >= 15 is 0 Å². The summed E-state index contributed by atoms with van der Waals surface area (Å²) in [4.78, 5) is 15.1. The lowest BCUT2D eigenvalue weighted by Gasteiger charge is -2.52. The van der Waals surface area contributed by atoms with Gasteiger partial charge in [0.1, 0.15) is 5.82 Å². The van der Waals surface area contributed by atoms with Crippen LogP contribution in [0.1, 0.15) is 74.6 Å². The second-order valence-corrected chi connectivity index (χ2v) is 9.39. The van der Waals surface area contributed by atoms with E-state index in [-0.39, 0.29) is 23.7 Å². The minimum Gasteiger partial charge on any atom is -0.389 e. The number of likely N-dealkylation sites (tertiary alicyclic amines) is 1. The predicted molar refractivity (Wildman–Crippen MR) is 122 cm³/mol. The number of carbonyl (C=O) groups is 1. The van der Waals surface area contributed by atoms with Gasteiger partial charge in [-0.25, -0.2) is 4.39 Å². The van der Waals surface area contributed by atoms with E-state index in [1.807, 2.05) is 23.1 Å². The summed E-state index contributed by atoms with van der Waals surface area (Å²) in [6.07, 6.45) is 7.80. The molecule has 1 saturated heterocycles. The molecule has 4 heteroatoms. The smallest absolute Gasteiger partial charge is 0.247 e. The second kappa shape index (κ2) is 8.96. The Labute approximate surface area is 184 Å². The molecule has 1 aliphatic carbocycles. The molecule has 1 saturated carbocycles. The van der Waals surface area contributed by atoms with Crippen LogP contribution in [-0.4, -0.2) is 28.1 Å². The summed E-state index contributed by atoms with van der Waals surface area (Å²) in [5.41, 5.74) is 2.41. The maximum absolute atomic E-state index is 13.6. The third-order valence-corrected chi connectivity index (χ3v) is 7.08. The average molecular weight is 422 g/mol. The fraction of sp³-hybridized carbons (Fsp3) is 0.444. The lowest BCUT2D eigenvalue weighted by molar-refractivity contribution is -0.150. The van der Waals surface area contributed by atoms with Crippen molar-refractivity contribution in [2.24, 2.45) is 5.92 Å². The third-order valence-electron chi connectivity index (χ3n) is 7.08. The Bertz CT molecular complexity index is 935. The summed E-state index contributed by atoms with van der Waals surface area (Å²) < 4.78 is 13.6. The molecule has 1 amide bonds. The van der Waals surface area contributed by atoms with Crippen LogP contribution < -0.4 is 0 Å². The van der Waals surface area contributed by atoms with Crippen molar-refractivity contribution in [3.8, 4) is 0 Å². The number of amides is 1. The molecular formula is C27H32FNO2. The van der Waals surface area contributed by atoms with E-state index in [2.05, 4.69) is 26.0 Å². The lowest BCUT2D eigenvalue weighted by Crippen LogP contribution is -2.56. The van der Waals surface area contributed by atoms with Crippen LogP contribution in [0, 0.1) is 11.7 Å². The van der Waals surface area contributed by atoms with Gasteiger partial charge < -0.3 is 10.0 Å². The van der Waals surface area contributed by atoms with Crippen molar-refractivity contribution < 1.29 is 14.3 Å². The maximum Gasteiger partial charge on any atom is 0.247 e. The highest BCUT2D eigenvalue weighted by molar-refractivity contribution is 5.92. The SMILES string of the molecule is CC(C)c1ccc(C=CC(=O)N2CCC3(O)CCCCC3C2c2ccc(F)cc2)cc1. The zero-order valence-corrected chi connectivity index (χ0v) is 18.4. The zero-order valence-electron chi connectivity index (χ0n) is 18.4. The van der Waals surface area contributed by atoms with E-state index < -0.39 is 5.60 Å². The first-order valence-corrected chi connectivity index (χ1v) is 11.4. The van der Waals surface area contributed by atoms with Crippen LogP contribution in [0.5, 0.6) is 0 Å². The molecule has 0 radical (unpaired) electrons. The van der Waals surface area contributed by atoms with Crippen molar-refractivity contribution in [2.45, 2.75) is 63.5 Å². The van der Waals surface area contributed by atoms with Crippen molar-refractivity contribution in [3.63, 3.8) is 0 Å². The van der Waals surface area contributed by atoms with E-state index in [0.717, 1.165) is 36.8 Å². The quantitative estimate of drug-likeness (QED) is 0.629. The van der Waals surface area contributed by atoms with E-state index in [1.54, 1.807) is 18.2 Å². The summed E-state index contributed by atoms with van der Waals surface area (Å²) in [6, 6.07) is 14.4. The van der Waals surface area contributed by atoms with Gasteiger partial charge in [0, 0.05) is 18.5 Å². The average Bonchev–Trinajstić information content (AvgIpc) is 2.77. The number of hydrogen-bond acceptors (Lipinski definition) is 2. The van der Waals surface area contributed by atoms with Crippen LogP contribution >= 0.6 is 0 Å². The molecule has 164 valence electrons. The monoisotopic (exact) mass is 421 g/mol. The Kier molecular flexibility index (Phi) is 6.29. The number of aliphatic hydroxyl groups is 1. The molecule has 2 aliphatic rings. The van der Waals surface area contributed by atoms with Gasteiger partial charge in [0.25, 0.3) is 0 Å². The minimum atomic E-state index is -0.746. The Morgan fingerprint density at radius 2 is 1.81 bits per heavy atom. The number of piperidine rings is 1. The van der Waals surface area contributed by atoms with Crippen LogP contribution in [0.3, 0.4) is 0 Å². The van der Waals surface area contributed by atoms with Gasteiger partial charge in [-0.05, 0) is 60.1 Å². The summed E-state index contributed by atoms with van der Waals surface area (Å²) in [7, 11) is 0. The molecule has 1 N–H and O–H groups in total.